The van der Waals surface area contributed by atoms with Gasteiger partial charge in [-0.15, -0.1) is 0 Å². The molecule has 5 heteroatoms. The summed E-state index contributed by atoms with van der Waals surface area (Å²) in [5.74, 6) is 0.324. The van der Waals surface area contributed by atoms with E-state index in [4.69, 9.17) is 9.92 Å². The molecule has 2 N–H and O–H groups in total. The molecule has 0 aliphatic heterocycles. The lowest BCUT2D eigenvalue weighted by atomic mass is 10.3. The molecular formula is C10H15NO3S. The zero-order valence-electron chi connectivity index (χ0n) is 8.59. The molecule has 0 aliphatic rings. The van der Waals surface area contributed by atoms with E-state index in [9.17, 15) is 8.42 Å². The minimum atomic E-state index is -3.60. The first-order valence-electron chi connectivity index (χ1n) is 4.78. The third-order valence-corrected chi connectivity index (χ3v) is 3.85. The van der Waals surface area contributed by atoms with E-state index in [2.05, 4.69) is 0 Å². The lowest BCUT2D eigenvalue weighted by molar-refractivity contribution is 0.468. The van der Waals surface area contributed by atoms with Crippen molar-refractivity contribution in [2.75, 3.05) is 6.54 Å². The summed E-state index contributed by atoms with van der Waals surface area (Å²) in [6.07, 6.45) is 0.450. The van der Waals surface area contributed by atoms with Crippen molar-refractivity contribution in [2.24, 2.45) is 5.73 Å². The summed E-state index contributed by atoms with van der Waals surface area (Å²) in [6.45, 7) is 1.84. The van der Waals surface area contributed by atoms with Gasteiger partial charge in [-0.3, -0.25) is 0 Å². The summed E-state index contributed by atoms with van der Waals surface area (Å²) >= 11 is 0. The molecule has 1 unspecified atom stereocenters. The first-order valence-corrected chi connectivity index (χ1v) is 6.25. The van der Waals surface area contributed by atoms with Crippen molar-refractivity contribution >= 4 is 10.1 Å². The van der Waals surface area contributed by atoms with Crippen LogP contribution in [0.1, 0.15) is 13.3 Å². The van der Waals surface area contributed by atoms with E-state index in [1.807, 2.05) is 0 Å². The Balaban J connectivity index is 2.81. The molecule has 1 rings (SSSR count). The number of nitrogens with two attached hydrogens (primary N) is 1. The maximum absolute atomic E-state index is 11.7. The Hall–Kier alpha value is -1.07. The highest BCUT2D eigenvalue weighted by molar-refractivity contribution is 7.87. The topological polar surface area (TPSA) is 69.4 Å². The molecule has 0 aromatic heterocycles. The highest BCUT2D eigenvalue weighted by Gasteiger charge is 2.24. The average Bonchev–Trinajstić information content (AvgIpc) is 2.19. The summed E-state index contributed by atoms with van der Waals surface area (Å²) in [4.78, 5) is 0. The Morgan fingerprint density at radius 2 is 1.93 bits per heavy atom. The SMILES string of the molecule is CCC(CN)S(=O)(=O)Oc1ccccc1. The number of rotatable bonds is 5. The number of para-hydroxylation sites is 1. The zero-order chi connectivity index (χ0) is 11.3. The van der Waals surface area contributed by atoms with Gasteiger partial charge in [0, 0.05) is 6.54 Å². The molecule has 0 bridgehead atoms. The molecule has 0 aliphatic carbocycles. The van der Waals surface area contributed by atoms with Crippen LogP contribution in [0.5, 0.6) is 5.75 Å². The maximum Gasteiger partial charge on any atom is 0.313 e. The minimum absolute atomic E-state index is 0.0751. The van der Waals surface area contributed by atoms with Gasteiger partial charge in [-0.1, -0.05) is 25.1 Å². The van der Waals surface area contributed by atoms with Gasteiger partial charge < -0.3 is 9.92 Å². The molecule has 4 nitrogen and oxygen atoms in total. The van der Waals surface area contributed by atoms with Crippen molar-refractivity contribution in [3.63, 3.8) is 0 Å². The molecular weight excluding hydrogens is 214 g/mol. The van der Waals surface area contributed by atoms with Gasteiger partial charge in [0.2, 0.25) is 0 Å². The Morgan fingerprint density at radius 1 is 1.33 bits per heavy atom. The Labute approximate surface area is 90.2 Å². The van der Waals surface area contributed by atoms with E-state index in [-0.39, 0.29) is 6.54 Å². The van der Waals surface area contributed by atoms with Crippen LogP contribution < -0.4 is 9.92 Å². The average molecular weight is 229 g/mol. The molecule has 1 aromatic carbocycles. The summed E-state index contributed by atoms with van der Waals surface area (Å²) in [5.41, 5.74) is 5.36. The second-order valence-corrected chi connectivity index (χ2v) is 4.97. The summed E-state index contributed by atoms with van der Waals surface area (Å²) in [7, 11) is -3.60. The molecule has 84 valence electrons. The van der Waals surface area contributed by atoms with Gasteiger partial charge in [0.25, 0.3) is 0 Å². The lowest BCUT2D eigenvalue weighted by Gasteiger charge is -2.13. The van der Waals surface area contributed by atoms with Gasteiger partial charge in [0.1, 0.15) is 11.0 Å². The first-order chi connectivity index (χ1) is 7.10. The zero-order valence-corrected chi connectivity index (χ0v) is 9.41. The van der Waals surface area contributed by atoms with Gasteiger partial charge in [-0.25, -0.2) is 0 Å². The first kappa shape index (κ1) is 12.0. The van der Waals surface area contributed by atoms with Crippen molar-refractivity contribution in [1.29, 1.82) is 0 Å². The molecule has 0 spiro atoms. The van der Waals surface area contributed by atoms with Crippen molar-refractivity contribution in [1.82, 2.24) is 0 Å². The van der Waals surface area contributed by atoms with Crippen molar-refractivity contribution < 1.29 is 12.6 Å². The van der Waals surface area contributed by atoms with E-state index in [1.165, 1.54) is 0 Å². The number of benzene rings is 1. The number of hydrogen-bond donors (Lipinski definition) is 1. The van der Waals surface area contributed by atoms with Gasteiger partial charge in [-0.05, 0) is 18.6 Å². The molecule has 1 aromatic rings. The van der Waals surface area contributed by atoms with E-state index in [0.29, 0.717) is 12.2 Å². The predicted molar refractivity (Wildman–Crippen MR) is 59.1 cm³/mol. The fraction of sp³-hybridized carbons (Fsp3) is 0.400. The molecule has 0 heterocycles. The van der Waals surface area contributed by atoms with E-state index < -0.39 is 15.4 Å². The van der Waals surface area contributed by atoms with E-state index in [1.54, 1.807) is 37.3 Å². The van der Waals surface area contributed by atoms with Crippen LogP contribution in [0, 0.1) is 0 Å². The fourth-order valence-electron chi connectivity index (χ4n) is 1.17. The molecule has 15 heavy (non-hydrogen) atoms. The van der Waals surface area contributed by atoms with Crippen LogP contribution in [-0.4, -0.2) is 20.2 Å². The fourth-order valence-corrected chi connectivity index (χ4v) is 2.33. The normalized spacial score (nSPS) is 13.5. The van der Waals surface area contributed by atoms with E-state index >= 15 is 0 Å². The summed E-state index contributed by atoms with van der Waals surface area (Å²) in [5, 5.41) is -0.641. The quantitative estimate of drug-likeness (QED) is 0.768. The second kappa shape index (κ2) is 5.14. The maximum atomic E-state index is 11.7. The molecule has 0 amide bonds. The Bertz CT molecular complexity index is 384. The van der Waals surface area contributed by atoms with Crippen LogP contribution in [0.4, 0.5) is 0 Å². The highest BCUT2D eigenvalue weighted by atomic mass is 32.2. The van der Waals surface area contributed by atoms with Crippen LogP contribution in [0.2, 0.25) is 0 Å². The summed E-state index contributed by atoms with van der Waals surface area (Å²) < 4.78 is 28.3. The Morgan fingerprint density at radius 3 is 2.40 bits per heavy atom. The molecule has 0 saturated heterocycles. The standard InChI is InChI=1S/C10H15NO3S/c1-2-10(8-11)15(12,13)14-9-6-4-3-5-7-9/h3-7,10H,2,8,11H2,1H3. The Kier molecular flexibility index (Phi) is 4.11. The van der Waals surface area contributed by atoms with E-state index in [0.717, 1.165) is 0 Å². The van der Waals surface area contributed by atoms with Crippen LogP contribution in [0.3, 0.4) is 0 Å². The third-order valence-electron chi connectivity index (χ3n) is 2.08. The van der Waals surface area contributed by atoms with Crippen molar-refractivity contribution in [2.45, 2.75) is 18.6 Å². The van der Waals surface area contributed by atoms with Crippen molar-refractivity contribution in [3.05, 3.63) is 30.3 Å². The molecule has 0 saturated carbocycles. The minimum Gasteiger partial charge on any atom is -0.382 e. The lowest BCUT2D eigenvalue weighted by Crippen LogP contribution is -2.32. The number of hydrogen-bond acceptors (Lipinski definition) is 4. The monoisotopic (exact) mass is 229 g/mol. The van der Waals surface area contributed by atoms with Gasteiger partial charge in [0.05, 0.1) is 0 Å². The van der Waals surface area contributed by atoms with Crippen LogP contribution in [-0.2, 0) is 10.1 Å². The van der Waals surface area contributed by atoms with Crippen LogP contribution >= 0.6 is 0 Å². The molecule has 1 atom stereocenters. The van der Waals surface area contributed by atoms with Crippen molar-refractivity contribution in [3.8, 4) is 5.75 Å². The second-order valence-electron chi connectivity index (χ2n) is 3.16. The largest absolute Gasteiger partial charge is 0.382 e. The summed E-state index contributed by atoms with van der Waals surface area (Å²) in [6, 6.07) is 8.42. The molecule has 0 fully saturated rings. The van der Waals surface area contributed by atoms with Crippen LogP contribution in [0.25, 0.3) is 0 Å². The highest BCUT2D eigenvalue weighted by Crippen LogP contribution is 2.15. The predicted octanol–water partition coefficient (Wildman–Crippen LogP) is 1.13. The van der Waals surface area contributed by atoms with Crippen LogP contribution in [0.15, 0.2) is 30.3 Å². The third kappa shape index (κ3) is 3.21. The smallest absolute Gasteiger partial charge is 0.313 e. The molecule has 0 radical (unpaired) electrons. The van der Waals surface area contributed by atoms with Gasteiger partial charge >= 0.3 is 10.1 Å². The van der Waals surface area contributed by atoms with Gasteiger partial charge in [0.15, 0.2) is 0 Å². The van der Waals surface area contributed by atoms with Gasteiger partial charge in [-0.2, -0.15) is 8.42 Å².